The van der Waals surface area contributed by atoms with Crippen LogP contribution in [0.4, 0.5) is 0 Å². The Balaban J connectivity index is 0. The lowest BCUT2D eigenvalue weighted by molar-refractivity contribution is -0.142. The van der Waals surface area contributed by atoms with E-state index in [1.807, 2.05) is 0 Å². The van der Waals surface area contributed by atoms with Crippen molar-refractivity contribution < 1.29 is 19.1 Å². The molecule has 0 bridgehead atoms. The lowest BCUT2D eigenvalue weighted by Crippen LogP contribution is -2.33. The van der Waals surface area contributed by atoms with Crippen molar-refractivity contribution in [2.75, 3.05) is 13.7 Å². The van der Waals surface area contributed by atoms with E-state index >= 15 is 0 Å². The predicted octanol–water partition coefficient (Wildman–Crippen LogP) is 2.24. The van der Waals surface area contributed by atoms with E-state index in [9.17, 15) is 9.59 Å². The SMILES string of the molecule is COC(=O)[C@@H](N)Cc1ccc(OC(=O)CCCC(C)CN)cc1.Cl.Cl. The van der Waals surface area contributed by atoms with Gasteiger partial charge in [0.05, 0.1) is 7.11 Å². The van der Waals surface area contributed by atoms with E-state index in [1.54, 1.807) is 24.3 Å². The molecular weight excluding hydrogens is 367 g/mol. The summed E-state index contributed by atoms with van der Waals surface area (Å²) >= 11 is 0. The summed E-state index contributed by atoms with van der Waals surface area (Å²) in [5, 5.41) is 0. The van der Waals surface area contributed by atoms with Crippen molar-refractivity contribution in [3.63, 3.8) is 0 Å². The molecule has 25 heavy (non-hydrogen) atoms. The molecule has 0 aromatic heterocycles. The topological polar surface area (TPSA) is 105 Å². The zero-order valence-electron chi connectivity index (χ0n) is 14.6. The molecule has 8 heteroatoms. The first-order chi connectivity index (χ1) is 11.0. The molecule has 0 saturated carbocycles. The molecule has 0 aliphatic carbocycles. The molecule has 0 amide bonds. The lowest BCUT2D eigenvalue weighted by Gasteiger charge is -2.10. The van der Waals surface area contributed by atoms with Crippen LogP contribution in [0.15, 0.2) is 24.3 Å². The number of halogens is 2. The molecule has 1 aromatic carbocycles. The average Bonchev–Trinajstić information content (AvgIpc) is 2.55. The van der Waals surface area contributed by atoms with Crippen LogP contribution in [-0.2, 0) is 20.7 Å². The van der Waals surface area contributed by atoms with Crippen molar-refractivity contribution in [3.8, 4) is 5.75 Å². The molecule has 1 unspecified atom stereocenters. The lowest BCUT2D eigenvalue weighted by atomic mass is 10.0. The Kier molecular flexibility index (Phi) is 14.4. The highest BCUT2D eigenvalue weighted by molar-refractivity contribution is 5.85. The van der Waals surface area contributed by atoms with Crippen LogP contribution in [0.2, 0.25) is 0 Å². The number of rotatable bonds is 9. The van der Waals surface area contributed by atoms with E-state index in [1.165, 1.54) is 7.11 Å². The third-order valence-electron chi connectivity index (χ3n) is 3.59. The minimum absolute atomic E-state index is 0. The summed E-state index contributed by atoms with van der Waals surface area (Å²) in [6, 6.07) is 6.25. The molecule has 0 saturated heterocycles. The smallest absolute Gasteiger partial charge is 0.322 e. The summed E-state index contributed by atoms with van der Waals surface area (Å²) in [5.74, 6) is 0.193. The van der Waals surface area contributed by atoms with Gasteiger partial charge in [0.15, 0.2) is 0 Å². The maximum atomic E-state index is 11.7. The Morgan fingerprint density at radius 2 is 1.76 bits per heavy atom. The fourth-order valence-electron chi connectivity index (χ4n) is 2.08. The quantitative estimate of drug-likeness (QED) is 0.491. The number of carbonyl (C=O) groups excluding carboxylic acids is 2. The van der Waals surface area contributed by atoms with Gasteiger partial charge >= 0.3 is 11.9 Å². The predicted molar refractivity (Wildman–Crippen MR) is 102 cm³/mol. The highest BCUT2D eigenvalue weighted by Crippen LogP contribution is 2.15. The molecule has 0 fully saturated rings. The van der Waals surface area contributed by atoms with Gasteiger partial charge in [0.1, 0.15) is 11.8 Å². The van der Waals surface area contributed by atoms with Crippen LogP contribution in [0.1, 0.15) is 31.7 Å². The summed E-state index contributed by atoms with van der Waals surface area (Å²) in [6.07, 6.45) is 2.43. The average molecular weight is 395 g/mol. The number of carbonyl (C=O) groups is 2. The Morgan fingerprint density at radius 1 is 1.16 bits per heavy atom. The first-order valence-corrected chi connectivity index (χ1v) is 7.79. The van der Waals surface area contributed by atoms with Gasteiger partial charge in [0.25, 0.3) is 0 Å². The normalized spacial score (nSPS) is 12.2. The van der Waals surface area contributed by atoms with Crippen molar-refractivity contribution in [3.05, 3.63) is 29.8 Å². The summed E-state index contributed by atoms with van der Waals surface area (Å²) in [4.78, 5) is 23.0. The Labute approximate surface area is 161 Å². The molecule has 0 spiro atoms. The maximum Gasteiger partial charge on any atom is 0.322 e. The Morgan fingerprint density at radius 3 is 2.28 bits per heavy atom. The van der Waals surface area contributed by atoms with Crippen LogP contribution in [-0.4, -0.2) is 31.6 Å². The van der Waals surface area contributed by atoms with Crippen LogP contribution in [0, 0.1) is 5.92 Å². The van der Waals surface area contributed by atoms with Crippen LogP contribution in [0.3, 0.4) is 0 Å². The van der Waals surface area contributed by atoms with E-state index in [0.717, 1.165) is 18.4 Å². The molecule has 1 rings (SSSR count). The van der Waals surface area contributed by atoms with Crippen molar-refractivity contribution in [1.29, 1.82) is 0 Å². The fourth-order valence-corrected chi connectivity index (χ4v) is 2.08. The minimum atomic E-state index is -0.696. The molecule has 0 radical (unpaired) electrons. The number of benzene rings is 1. The third kappa shape index (κ3) is 10.3. The Hall–Kier alpha value is -1.34. The number of nitrogens with two attached hydrogens (primary N) is 2. The Bertz CT molecular complexity index is 512. The van der Waals surface area contributed by atoms with Gasteiger partial charge < -0.3 is 20.9 Å². The number of hydrogen-bond acceptors (Lipinski definition) is 6. The van der Waals surface area contributed by atoms with Gasteiger partial charge in [-0.05, 0) is 49.4 Å². The fraction of sp³-hybridized carbons (Fsp3) is 0.529. The molecule has 0 aliphatic rings. The molecule has 2 atom stereocenters. The maximum absolute atomic E-state index is 11.7. The van der Waals surface area contributed by atoms with E-state index in [-0.39, 0.29) is 30.8 Å². The molecular formula is C17H28Cl2N2O4. The van der Waals surface area contributed by atoms with Gasteiger partial charge in [-0.15, -0.1) is 24.8 Å². The van der Waals surface area contributed by atoms with E-state index in [2.05, 4.69) is 11.7 Å². The number of esters is 2. The van der Waals surface area contributed by atoms with E-state index in [4.69, 9.17) is 16.2 Å². The van der Waals surface area contributed by atoms with Gasteiger partial charge in [-0.2, -0.15) is 0 Å². The first kappa shape index (κ1) is 25.9. The monoisotopic (exact) mass is 394 g/mol. The second kappa shape index (κ2) is 13.9. The second-order valence-electron chi connectivity index (χ2n) is 5.68. The number of ether oxygens (including phenoxy) is 2. The molecule has 0 aliphatic heterocycles. The van der Waals surface area contributed by atoms with E-state index in [0.29, 0.717) is 31.1 Å². The zero-order chi connectivity index (χ0) is 17.2. The van der Waals surface area contributed by atoms with Gasteiger partial charge in [-0.1, -0.05) is 19.1 Å². The largest absolute Gasteiger partial charge is 0.468 e. The summed E-state index contributed by atoms with van der Waals surface area (Å²) in [5.41, 5.74) is 12.1. The molecule has 0 heterocycles. The van der Waals surface area contributed by atoms with Crippen LogP contribution in [0.5, 0.6) is 5.75 Å². The van der Waals surface area contributed by atoms with Gasteiger partial charge in [0, 0.05) is 6.42 Å². The first-order valence-electron chi connectivity index (χ1n) is 7.79. The summed E-state index contributed by atoms with van der Waals surface area (Å²) in [6.45, 7) is 2.69. The number of methoxy groups -OCH3 is 1. The highest BCUT2D eigenvalue weighted by atomic mass is 35.5. The molecule has 6 nitrogen and oxygen atoms in total. The zero-order valence-corrected chi connectivity index (χ0v) is 16.2. The van der Waals surface area contributed by atoms with Gasteiger partial charge in [-0.3, -0.25) is 9.59 Å². The highest BCUT2D eigenvalue weighted by Gasteiger charge is 2.14. The van der Waals surface area contributed by atoms with Crippen LogP contribution >= 0.6 is 24.8 Å². The van der Waals surface area contributed by atoms with Gasteiger partial charge in [0.2, 0.25) is 0 Å². The summed E-state index contributed by atoms with van der Waals surface area (Å²) < 4.78 is 9.85. The molecule has 144 valence electrons. The van der Waals surface area contributed by atoms with Crippen LogP contribution in [0.25, 0.3) is 0 Å². The summed E-state index contributed by atoms with van der Waals surface area (Å²) in [7, 11) is 1.30. The molecule has 4 N–H and O–H groups in total. The van der Waals surface area contributed by atoms with E-state index < -0.39 is 12.0 Å². The van der Waals surface area contributed by atoms with Gasteiger partial charge in [-0.25, -0.2) is 0 Å². The van der Waals surface area contributed by atoms with Crippen LogP contribution < -0.4 is 16.2 Å². The number of hydrogen-bond donors (Lipinski definition) is 2. The molecule has 1 aromatic rings. The third-order valence-corrected chi connectivity index (χ3v) is 3.59. The van der Waals surface area contributed by atoms with Crippen molar-refractivity contribution >= 4 is 36.8 Å². The van der Waals surface area contributed by atoms with Crippen molar-refractivity contribution in [1.82, 2.24) is 0 Å². The standard InChI is InChI=1S/C17H26N2O4.2ClH/c1-12(11-18)4-3-5-16(20)23-14-8-6-13(7-9-14)10-15(19)17(21)22-2;;/h6-9,12,15H,3-5,10-11,18-19H2,1-2H3;2*1H/t12?,15-;;/m0../s1. The van der Waals surface area contributed by atoms with Crippen molar-refractivity contribution in [2.24, 2.45) is 17.4 Å². The second-order valence-corrected chi connectivity index (χ2v) is 5.68. The van der Waals surface area contributed by atoms with Crippen molar-refractivity contribution in [2.45, 2.75) is 38.6 Å². The minimum Gasteiger partial charge on any atom is -0.468 e.